The van der Waals surface area contributed by atoms with Gasteiger partial charge in [0.05, 0.1) is 23.9 Å². The molecular formula is C29H38N6O2. The molecule has 2 aliphatic heterocycles. The van der Waals surface area contributed by atoms with E-state index < -0.39 is 0 Å². The van der Waals surface area contributed by atoms with E-state index in [1.807, 2.05) is 18.5 Å². The second-order valence-corrected chi connectivity index (χ2v) is 10.6. The highest BCUT2D eigenvalue weighted by molar-refractivity contribution is 5.86. The van der Waals surface area contributed by atoms with Crippen molar-refractivity contribution in [2.24, 2.45) is 11.7 Å². The van der Waals surface area contributed by atoms with Gasteiger partial charge in [-0.1, -0.05) is 31.4 Å². The first-order valence-electron chi connectivity index (χ1n) is 13.8. The van der Waals surface area contributed by atoms with Gasteiger partial charge in [0.15, 0.2) is 0 Å². The van der Waals surface area contributed by atoms with Crippen LogP contribution < -0.4 is 11.1 Å². The number of carbonyl (C=O) groups excluding carboxylic acids is 2. The van der Waals surface area contributed by atoms with Gasteiger partial charge in [0.2, 0.25) is 11.8 Å². The number of aromatic nitrogens is 3. The lowest BCUT2D eigenvalue weighted by Gasteiger charge is -2.43. The number of primary amides is 1. The molecule has 2 amide bonds. The summed E-state index contributed by atoms with van der Waals surface area (Å²) < 4.78 is 0. The Morgan fingerprint density at radius 1 is 1.05 bits per heavy atom. The molecule has 2 saturated heterocycles. The lowest BCUT2D eigenvalue weighted by molar-refractivity contribution is -0.130. The first-order valence-corrected chi connectivity index (χ1v) is 13.8. The fourth-order valence-electron chi connectivity index (χ4n) is 6.06. The number of benzene rings is 1. The van der Waals surface area contributed by atoms with Crippen LogP contribution in [0.1, 0.15) is 76.1 Å². The summed E-state index contributed by atoms with van der Waals surface area (Å²) in [6, 6.07) is 8.44. The van der Waals surface area contributed by atoms with Crippen molar-refractivity contribution in [2.45, 2.75) is 76.3 Å². The normalized spacial score (nSPS) is 20.9. The minimum absolute atomic E-state index is 0.0360. The number of pyridine rings is 1. The van der Waals surface area contributed by atoms with Crippen molar-refractivity contribution in [3.8, 4) is 11.3 Å². The van der Waals surface area contributed by atoms with Crippen molar-refractivity contribution in [3.05, 3.63) is 48.7 Å². The summed E-state index contributed by atoms with van der Waals surface area (Å²) >= 11 is 0. The number of imidazole rings is 1. The third-order valence-corrected chi connectivity index (χ3v) is 8.04. The maximum Gasteiger partial charge on any atom is 0.225 e. The second kappa shape index (κ2) is 11.9. The quantitative estimate of drug-likeness (QED) is 0.353. The molecule has 0 aliphatic carbocycles. The first kappa shape index (κ1) is 25.4. The molecule has 0 unspecified atom stereocenters. The Morgan fingerprint density at radius 3 is 2.84 bits per heavy atom. The maximum absolute atomic E-state index is 13.6. The molecule has 0 radical (unpaired) electrons. The van der Waals surface area contributed by atoms with Crippen LogP contribution >= 0.6 is 0 Å². The van der Waals surface area contributed by atoms with E-state index in [0.717, 1.165) is 85.9 Å². The van der Waals surface area contributed by atoms with Gasteiger partial charge in [-0.3, -0.25) is 19.5 Å². The van der Waals surface area contributed by atoms with E-state index in [-0.39, 0.29) is 23.8 Å². The Morgan fingerprint density at radius 2 is 1.95 bits per heavy atom. The molecule has 37 heavy (non-hydrogen) atoms. The van der Waals surface area contributed by atoms with Crippen LogP contribution in [-0.4, -0.2) is 50.8 Å². The van der Waals surface area contributed by atoms with E-state index in [0.29, 0.717) is 12.5 Å². The first-order chi connectivity index (χ1) is 18.1. The lowest BCUT2D eigenvalue weighted by atomic mass is 9.83. The molecule has 2 aromatic heterocycles. The molecule has 0 bridgehead atoms. The van der Waals surface area contributed by atoms with Crippen molar-refractivity contribution >= 4 is 22.6 Å². The number of nitrogens with one attached hydrogen (secondary N) is 2. The number of nitrogens with zero attached hydrogens (tertiary/aromatic N) is 3. The number of H-pyrrole nitrogens is 1. The molecule has 4 N–H and O–H groups in total. The number of nitrogens with two attached hydrogens (primary N) is 1. The highest BCUT2D eigenvalue weighted by Gasteiger charge is 2.37. The Bertz CT molecular complexity index is 1220. The summed E-state index contributed by atoms with van der Waals surface area (Å²) in [7, 11) is 0. The molecule has 3 atom stereocenters. The van der Waals surface area contributed by atoms with Gasteiger partial charge >= 0.3 is 0 Å². The van der Waals surface area contributed by atoms with Gasteiger partial charge in [-0.05, 0) is 69.1 Å². The molecule has 0 saturated carbocycles. The van der Waals surface area contributed by atoms with Crippen LogP contribution in [0.5, 0.6) is 0 Å². The number of fused-ring (bicyclic) bond motifs is 2. The Labute approximate surface area is 218 Å². The smallest absolute Gasteiger partial charge is 0.225 e. The Kier molecular flexibility index (Phi) is 8.14. The fraction of sp³-hybridized carbons (Fsp3) is 0.517. The number of carbonyl (C=O) groups is 2. The van der Waals surface area contributed by atoms with Gasteiger partial charge < -0.3 is 16.0 Å². The van der Waals surface area contributed by atoms with Crippen molar-refractivity contribution in [2.75, 3.05) is 13.1 Å². The summed E-state index contributed by atoms with van der Waals surface area (Å²) in [6.07, 6.45) is 14.8. The number of amides is 2. The third kappa shape index (κ3) is 6.18. The van der Waals surface area contributed by atoms with Crippen LogP contribution in [-0.2, 0) is 9.59 Å². The van der Waals surface area contributed by atoms with Crippen LogP contribution in [0.25, 0.3) is 22.0 Å². The van der Waals surface area contributed by atoms with Crippen LogP contribution in [0.3, 0.4) is 0 Å². The van der Waals surface area contributed by atoms with Crippen molar-refractivity contribution in [1.29, 1.82) is 0 Å². The number of aromatic amines is 1. The monoisotopic (exact) mass is 502 g/mol. The largest absolute Gasteiger partial charge is 0.370 e. The number of unbranched alkanes of at least 4 members (excludes halogenated alkanes) is 2. The van der Waals surface area contributed by atoms with Crippen molar-refractivity contribution in [1.82, 2.24) is 25.2 Å². The zero-order chi connectivity index (χ0) is 25.6. The molecule has 2 fully saturated rings. The summed E-state index contributed by atoms with van der Waals surface area (Å²) in [5, 5.41) is 5.59. The van der Waals surface area contributed by atoms with Gasteiger partial charge in [-0.25, -0.2) is 4.98 Å². The molecule has 5 rings (SSSR count). The minimum atomic E-state index is -0.263. The molecular weight excluding hydrogens is 464 g/mol. The zero-order valence-corrected chi connectivity index (χ0v) is 21.5. The average Bonchev–Trinajstić information content (AvgIpc) is 3.42. The third-order valence-electron chi connectivity index (χ3n) is 8.04. The van der Waals surface area contributed by atoms with E-state index >= 15 is 0 Å². The summed E-state index contributed by atoms with van der Waals surface area (Å²) in [5.74, 6) is 0.698. The van der Waals surface area contributed by atoms with Gasteiger partial charge in [-0.15, -0.1) is 0 Å². The number of piperidine rings is 2. The number of hydrogen-bond donors (Lipinski definition) is 3. The van der Waals surface area contributed by atoms with Crippen LogP contribution in [0, 0.1) is 5.92 Å². The van der Waals surface area contributed by atoms with Crippen molar-refractivity contribution < 1.29 is 9.59 Å². The molecule has 8 heteroatoms. The summed E-state index contributed by atoms with van der Waals surface area (Å²) in [4.78, 5) is 39.7. The standard InChI is InChI=1S/C29H38N6O2/c30-27(36)10-3-1-2-8-24(34-29(37)23-7-6-16-35-15-5-4-9-26(23)35)28-32-19-25(33-28)21-12-11-20-13-14-31-18-22(20)17-21/h11-14,17-19,23-24,26H,1-10,15-16H2,(H2,30,36)(H,32,33)(H,34,37)/t23-,24+,26-/m1/s1. The highest BCUT2D eigenvalue weighted by Crippen LogP contribution is 2.32. The van der Waals surface area contributed by atoms with Gasteiger partial charge in [0.1, 0.15) is 5.82 Å². The average molecular weight is 503 g/mol. The second-order valence-electron chi connectivity index (χ2n) is 10.6. The van der Waals surface area contributed by atoms with E-state index in [1.54, 1.807) is 6.20 Å². The van der Waals surface area contributed by atoms with Crippen molar-refractivity contribution in [3.63, 3.8) is 0 Å². The molecule has 3 aromatic rings. The fourth-order valence-corrected chi connectivity index (χ4v) is 6.06. The van der Waals surface area contributed by atoms with E-state index in [9.17, 15) is 9.59 Å². The highest BCUT2D eigenvalue weighted by atomic mass is 16.2. The van der Waals surface area contributed by atoms with E-state index in [2.05, 4.69) is 38.4 Å². The minimum Gasteiger partial charge on any atom is -0.370 e. The molecule has 2 aliphatic rings. The molecule has 8 nitrogen and oxygen atoms in total. The van der Waals surface area contributed by atoms with Gasteiger partial charge in [-0.2, -0.15) is 0 Å². The van der Waals surface area contributed by atoms with Crippen LogP contribution in [0.15, 0.2) is 42.9 Å². The Balaban J connectivity index is 1.32. The predicted molar refractivity (Wildman–Crippen MR) is 144 cm³/mol. The zero-order valence-electron chi connectivity index (χ0n) is 21.5. The number of rotatable bonds is 10. The predicted octanol–water partition coefficient (Wildman–Crippen LogP) is 4.48. The topological polar surface area (TPSA) is 117 Å². The summed E-state index contributed by atoms with van der Waals surface area (Å²) in [6.45, 7) is 2.22. The van der Waals surface area contributed by atoms with Crippen LogP contribution in [0.4, 0.5) is 0 Å². The molecule has 4 heterocycles. The number of hydrogen-bond acceptors (Lipinski definition) is 5. The molecule has 0 spiro atoms. The SMILES string of the molecule is NC(=O)CCCCC[C@H](NC(=O)[C@@H]1CCCN2CCCC[C@H]12)c1ncc(-c2ccc3ccncc3c2)[nH]1. The molecule has 196 valence electrons. The maximum atomic E-state index is 13.6. The van der Waals surface area contributed by atoms with E-state index in [4.69, 9.17) is 10.7 Å². The van der Waals surface area contributed by atoms with Crippen LogP contribution in [0.2, 0.25) is 0 Å². The Hall–Kier alpha value is -3.26. The van der Waals surface area contributed by atoms with Gasteiger partial charge in [0, 0.05) is 35.8 Å². The molecule has 1 aromatic carbocycles. The van der Waals surface area contributed by atoms with E-state index in [1.165, 1.54) is 12.8 Å². The summed E-state index contributed by atoms with van der Waals surface area (Å²) in [5.41, 5.74) is 7.26. The van der Waals surface area contributed by atoms with Gasteiger partial charge in [0.25, 0.3) is 0 Å². The lowest BCUT2D eigenvalue weighted by Crippen LogP contribution is -2.53.